The minimum atomic E-state index is -0.322. The summed E-state index contributed by atoms with van der Waals surface area (Å²) < 4.78 is 0. The molecule has 2 heterocycles. The molecule has 1 N–H and O–H groups in total. The highest BCUT2D eigenvalue weighted by molar-refractivity contribution is 6.22. The minimum Gasteiger partial charge on any atom is -0.333 e. The minimum absolute atomic E-state index is 0.0595. The number of nitrogens with zero attached hydrogens (tertiary/aromatic N) is 2. The molecule has 2 aromatic carbocycles. The Morgan fingerprint density at radius 3 is 2.52 bits per heavy atom. The first-order valence-electron chi connectivity index (χ1n) is 10.1. The molecule has 150 valence electrons. The fraction of sp³-hybridized carbons (Fsp3) is 0.348. The molecule has 1 saturated heterocycles. The number of hydrogen-bond acceptors (Lipinski definition) is 4. The van der Waals surface area contributed by atoms with Gasteiger partial charge >= 0.3 is 0 Å². The third-order valence-corrected chi connectivity index (χ3v) is 5.98. The number of carbonyl (C=O) groups is 3. The van der Waals surface area contributed by atoms with Gasteiger partial charge in [0, 0.05) is 37.3 Å². The second-order valence-electron chi connectivity index (χ2n) is 7.74. The molecule has 3 amide bonds. The summed E-state index contributed by atoms with van der Waals surface area (Å²) in [5, 5.41) is 3.36. The normalized spacial score (nSPS) is 21.4. The summed E-state index contributed by atoms with van der Waals surface area (Å²) in [5.41, 5.74) is 2.23. The average Bonchev–Trinajstić information content (AvgIpc) is 2.98. The Balaban J connectivity index is 1.53. The quantitative estimate of drug-likeness (QED) is 0.813. The van der Waals surface area contributed by atoms with Gasteiger partial charge in [0.1, 0.15) is 0 Å². The molecule has 1 fully saturated rings. The number of rotatable bonds is 4. The first-order valence-corrected chi connectivity index (χ1v) is 10.1. The molecule has 29 heavy (non-hydrogen) atoms. The van der Waals surface area contributed by atoms with Crippen molar-refractivity contribution in [2.45, 2.75) is 32.4 Å². The van der Waals surface area contributed by atoms with E-state index in [2.05, 4.69) is 12.2 Å². The van der Waals surface area contributed by atoms with Crippen molar-refractivity contribution in [1.82, 2.24) is 15.1 Å². The van der Waals surface area contributed by atoms with Crippen LogP contribution in [0, 0.1) is 0 Å². The smallest absolute Gasteiger partial charge is 0.261 e. The van der Waals surface area contributed by atoms with Gasteiger partial charge in [0.05, 0.1) is 11.1 Å². The number of hydrogen-bond donors (Lipinski definition) is 1. The van der Waals surface area contributed by atoms with E-state index in [1.54, 1.807) is 18.2 Å². The van der Waals surface area contributed by atoms with Crippen molar-refractivity contribution in [3.8, 4) is 0 Å². The number of amides is 3. The van der Waals surface area contributed by atoms with Crippen LogP contribution in [0.3, 0.4) is 0 Å². The van der Waals surface area contributed by atoms with Crippen LogP contribution < -0.4 is 5.32 Å². The van der Waals surface area contributed by atoms with E-state index >= 15 is 0 Å². The van der Waals surface area contributed by atoms with Crippen LogP contribution in [0.2, 0.25) is 0 Å². The molecule has 0 bridgehead atoms. The largest absolute Gasteiger partial charge is 0.333 e. The molecule has 6 heteroatoms. The maximum Gasteiger partial charge on any atom is 0.261 e. The van der Waals surface area contributed by atoms with Gasteiger partial charge in [0.15, 0.2) is 0 Å². The zero-order valence-corrected chi connectivity index (χ0v) is 16.7. The molecule has 2 unspecified atom stereocenters. The molecule has 0 aliphatic carbocycles. The molecule has 2 aliphatic heterocycles. The number of carbonyl (C=O) groups excluding carboxylic acids is 3. The maximum absolute atomic E-state index is 13.0. The highest BCUT2D eigenvalue weighted by atomic mass is 16.2. The Labute approximate surface area is 170 Å². The van der Waals surface area contributed by atoms with E-state index in [0.717, 1.165) is 12.1 Å². The molecule has 0 spiro atoms. The number of benzene rings is 2. The number of nitrogens with one attached hydrogen (secondary N) is 1. The first kappa shape index (κ1) is 19.3. The van der Waals surface area contributed by atoms with Crippen LogP contribution in [-0.4, -0.2) is 59.2 Å². The Morgan fingerprint density at radius 2 is 1.76 bits per heavy atom. The molecular weight excluding hydrogens is 366 g/mol. The summed E-state index contributed by atoms with van der Waals surface area (Å²) in [6.07, 6.45) is 0.605. The molecule has 0 radical (unpaired) electrons. The first-order chi connectivity index (χ1) is 14.0. The molecule has 0 saturated carbocycles. The van der Waals surface area contributed by atoms with E-state index in [4.69, 9.17) is 0 Å². The zero-order valence-electron chi connectivity index (χ0n) is 16.7. The lowest BCUT2D eigenvalue weighted by Crippen LogP contribution is -2.57. The number of imide groups is 1. The van der Waals surface area contributed by atoms with Crippen molar-refractivity contribution in [2.24, 2.45) is 0 Å². The van der Waals surface area contributed by atoms with Crippen molar-refractivity contribution in [3.05, 3.63) is 70.8 Å². The second kappa shape index (κ2) is 7.79. The lowest BCUT2D eigenvalue weighted by atomic mass is 10.0. The Bertz CT molecular complexity index is 957. The van der Waals surface area contributed by atoms with Gasteiger partial charge in [-0.25, -0.2) is 0 Å². The van der Waals surface area contributed by atoms with Crippen molar-refractivity contribution < 1.29 is 14.4 Å². The van der Waals surface area contributed by atoms with E-state index in [0.29, 0.717) is 36.2 Å². The van der Waals surface area contributed by atoms with Gasteiger partial charge < -0.3 is 10.2 Å². The van der Waals surface area contributed by atoms with Crippen LogP contribution in [0.15, 0.2) is 48.5 Å². The van der Waals surface area contributed by atoms with E-state index in [-0.39, 0.29) is 29.8 Å². The predicted octanol–water partition coefficient (Wildman–Crippen LogP) is 2.35. The van der Waals surface area contributed by atoms with Crippen LogP contribution in [0.4, 0.5) is 0 Å². The molecule has 2 atom stereocenters. The Morgan fingerprint density at radius 1 is 1.03 bits per heavy atom. The van der Waals surface area contributed by atoms with Crippen LogP contribution in [0.1, 0.15) is 50.5 Å². The number of fused-ring (bicyclic) bond motifs is 1. The second-order valence-corrected chi connectivity index (χ2v) is 7.74. The van der Waals surface area contributed by atoms with Crippen LogP contribution in [-0.2, 0) is 6.42 Å². The van der Waals surface area contributed by atoms with Crippen LogP contribution in [0.25, 0.3) is 0 Å². The van der Waals surface area contributed by atoms with Crippen molar-refractivity contribution in [2.75, 3.05) is 19.6 Å². The third kappa shape index (κ3) is 3.56. The predicted molar refractivity (Wildman–Crippen MR) is 110 cm³/mol. The van der Waals surface area contributed by atoms with E-state index in [9.17, 15) is 14.4 Å². The lowest BCUT2D eigenvalue weighted by molar-refractivity contribution is 0.0602. The van der Waals surface area contributed by atoms with Crippen LogP contribution >= 0.6 is 0 Å². The monoisotopic (exact) mass is 391 g/mol. The van der Waals surface area contributed by atoms with Crippen molar-refractivity contribution in [3.63, 3.8) is 0 Å². The van der Waals surface area contributed by atoms with Gasteiger partial charge in [-0.2, -0.15) is 0 Å². The summed E-state index contributed by atoms with van der Waals surface area (Å²) in [4.78, 5) is 41.7. The molecular formula is C23H25N3O3. The van der Waals surface area contributed by atoms with Crippen molar-refractivity contribution in [1.29, 1.82) is 0 Å². The van der Waals surface area contributed by atoms with Gasteiger partial charge in [0.2, 0.25) is 0 Å². The molecule has 6 nitrogen and oxygen atoms in total. The van der Waals surface area contributed by atoms with Gasteiger partial charge in [-0.15, -0.1) is 0 Å². The van der Waals surface area contributed by atoms with E-state index in [1.807, 2.05) is 42.2 Å². The summed E-state index contributed by atoms with van der Waals surface area (Å²) in [6.45, 7) is 5.76. The molecule has 0 aromatic heterocycles. The molecule has 4 rings (SSSR count). The van der Waals surface area contributed by atoms with Crippen LogP contribution in [0.5, 0.6) is 0 Å². The van der Waals surface area contributed by atoms with E-state index in [1.165, 1.54) is 4.90 Å². The summed E-state index contributed by atoms with van der Waals surface area (Å²) in [7, 11) is 0. The third-order valence-electron chi connectivity index (χ3n) is 5.98. The fourth-order valence-corrected chi connectivity index (χ4v) is 4.02. The SMILES string of the molecule is CC1NCCN(C(=O)c2ccc3c(c2)C(=O)N(CCc2ccccc2)C3=O)C1C. The number of piperazine rings is 1. The van der Waals surface area contributed by atoms with Gasteiger partial charge in [-0.05, 0) is 44.0 Å². The Hall–Kier alpha value is -2.99. The highest BCUT2D eigenvalue weighted by Gasteiger charge is 2.36. The van der Waals surface area contributed by atoms with Gasteiger partial charge in [0.25, 0.3) is 17.7 Å². The fourth-order valence-electron chi connectivity index (χ4n) is 4.02. The van der Waals surface area contributed by atoms with E-state index < -0.39 is 0 Å². The standard InChI is InChI=1S/C23H25N3O3/c1-15-16(2)25(13-11-24-15)21(27)18-8-9-19-20(14-18)23(29)26(22(19)28)12-10-17-6-4-3-5-7-17/h3-9,14-16,24H,10-13H2,1-2H3. The van der Waals surface area contributed by atoms with Crippen molar-refractivity contribution >= 4 is 17.7 Å². The topological polar surface area (TPSA) is 69.7 Å². The van der Waals surface area contributed by atoms with Gasteiger partial charge in [-0.3, -0.25) is 19.3 Å². The lowest BCUT2D eigenvalue weighted by Gasteiger charge is -2.38. The van der Waals surface area contributed by atoms with Gasteiger partial charge in [-0.1, -0.05) is 30.3 Å². The molecule has 2 aromatic rings. The molecule has 2 aliphatic rings. The summed E-state index contributed by atoms with van der Waals surface area (Å²) >= 11 is 0. The highest BCUT2D eigenvalue weighted by Crippen LogP contribution is 2.25. The average molecular weight is 391 g/mol. The zero-order chi connectivity index (χ0) is 20.5. The Kier molecular flexibility index (Phi) is 5.20. The summed E-state index contributed by atoms with van der Waals surface area (Å²) in [6, 6.07) is 14.9. The summed E-state index contributed by atoms with van der Waals surface area (Å²) in [5.74, 6) is -0.710. The maximum atomic E-state index is 13.0.